The van der Waals surface area contributed by atoms with Gasteiger partial charge < -0.3 is 26.0 Å². The largest absolute Gasteiger partial charge is 0.494 e. The molecular formula is C27H39N9O. The Hall–Kier alpha value is -3.37. The number of nitrogens with zero attached hydrogens (tertiary/aromatic N) is 7. The van der Waals surface area contributed by atoms with E-state index in [2.05, 4.69) is 50.8 Å². The topological polar surface area (TPSA) is 114 Å². The molecule has 0 saturated carbocycles. The predicted molar refractivity (Wildman–Crippen MR) is 147 cm³/mol. The van der Waals surface area contributed by atoms with Gasteiger partial charge in [0.1, 0.15) is 11.3 Å². The van der Waals surface area contributed by atoms with E-state index in [9.17, 15) is 0 Å². The molecule has 0 radical (unpaired) electrons. The first-order chi connectivity index (χ1) is 18.0. The van der Waals surface area contributed by atoms with Gasteiger partial charge in [0.2, 0.25) is 5.95 Å². The van der Waals surface area contributed by atoms with Crippen LogP contribution >= 0.6 is 0 Å². The molecule has 37 heavy (non-hydrogen) atoms. The Kier molecular flexibility index (Phi) is 7.48. The third-order valence-electron chi connectivity index (χ3n) is 7.76. The first kappa shape index (κ1) is 25.3. The Morgan fingerprint density at radius 2 is 1.95 bits per heavy atom. The number of rotatable bonds is 8. The van der Waals surface area contributed by atoms with E-state index in [1.165, 1.54) is 5.57 Å². The molecule has 0 amide bonds. The number of likely N-dealkylation sites (tertiary alicyclic amines) is 1. The smallest absolute Gasteiger partial charge is 0.223 e. The van der Waals surface area contributed by atoms with Crippen LogP contribution < -0.4 is 16.2 Å². The van der Waals surface area contributed by atoms with Crippen molar-refractivity contribution in [2.75, 3.05) is 65.2 Å². The number of nitrogens with two attached hydrogens (primary N) is 2. The molecule has 0 spiro atoms. The molecule has 198 valence electrons. The summed E-state index contributed by atoms with van der Waals surface area (Å²) in [5, 5.41) is 5.54. The molecule has 10 heteroatoms. The molecule has 1 unspecified atom stereocenters. The summed E-state index contributed by atoms with van der Waals surface area (Å²) in [4.78, 5) is 16.6. The molecule has 2 saturated heterocycles. The molecular weight excluding hydrogens is 466 g/mol. The number of likely N-dealkylation sites (N-methyl/N-ethyl adjacent to an activating group) is 1. The zero-order chi connectivity index (χ0) is 25.9. The minimum Gasteiger partial charge on any atom is -0.494 e. The molecule has 4 heterocycles. The van der Waals surface area contributed by atoms with Crippen molar-refractivity contribution in [1.29, 1.82) is 0 Å². The second kappa shape index (κ2) is 10.9. The van der Waals surface area contributed by atoms with E-state index < -0.39 is 0 Å². The summed E-state index contributed by atoms with van der Waals surface area (Å²) in [6, 6.07) is 5.79. The van der Waals surface area contributed by atoms with Gasteiger partial charge in [-0.2, -0.15) is 4.52 Å². The van der Waals surface area contributed by atoms with E-state index in [0.29, 0.717) is 28.8 Å². The maximum atomic E-state index is 6.44. The molecule has 2 aliphatic heterocycles. The highest BCUT2D eigenvalue weighted by Crippen LogP contribution is 2.28. The van der Waals surface area contributed by atoms with Crippen LogP contribution in [0.3, 0.4) is 0 Å². The van der Waals surface area contributed by atoms with Crippen molar-refractivity contribution >= 4 is 22.5 Å². The van der Waals surface area contributed by atoms with Gasteiger partial charge in [-0.05, 0) is 37.1 Å². The Balaban J connectivity index is 1.26. The number of allylic oxidation sites excluding steroid dienone is 2. The molecule has 1 aromatic carbocycles. The lowest BCUT2D eigenvalue weighted by molar-refractivity contribution is 0.164. The number of anilines is 1. The third-order valence-corrected chi connectivity index (χ3v) is 7.76. The van der Waals surface area contributed by atoms with E-state index in [0.717, 1.165) is 82.2 Å². The second-order valence-corrected chi connectivity index (χ2v) is 9.93. The van der Waals surface area contributed by atoms with Crippen LogP contribution in [0, 0.1) is 5.92 Å². The molecule has 0 bridgehead atoms. The number of nitrogen functional groups attached to an aromatic ring is 1. The molecule has 3 aromatic rings. The number of fused-ring (bicyclic) bond motifs is 3. The highest BCUT2D eigenvalue weighted by molar-refractivity contribution is 5.95. The lowest BCUT2D eigenvalue weighted by Gasteiger charge is -2.35. The van der Waals surface area contributed by atoms with Gasteiger partial charge in [-0.15, -0.1) is 5.10 Å². The molecule has 5 rings (SSSR count). The van der Waals surface area contributed by atoms with Gasteiger partial charge in [0.15, 0.2) is 11.5 Å². The number of aromatic nitrogens is 4. The Morgan fingerprint density at radius 3 is 2.68 bits per heavy atom. The summed E-state index contributed by atoms with van der Waals surface area (Å²) in [5.41, 5.74) is 15.5. The van der Waals surface area contributed by atoms with Crippen molar-refractivity contribution in [1.82, 2.24) is 34.3 Å². The van der Waals surface area contributed by atoms with Crippen LogP contribution in [0.15, 0.2) is 41.7 Å². The summed E-state index contributed by atoms with van der Waals surface area (Å²) >= 11 is 0. The summed E-state index contributed by atoms with van der Waals surface area (Å²) in [5.74, 6) is 3.18. The van der Waals surface area contributed by atoms with Crippen molar-refractivity contribution < 1.29 is 4.74 Å². The van der Waals surface area contributed by atoms with Gasteiger partial charge in [-0.3, -0.25) is 4.90 Å². The molecule has 2 fully saturated rings. The number of benzene rings is 1. The predicted octanol–water partition coefficient (Wildman–Crippen LogP) is 2.12. The fourth-order valence-corrected chi connectivity index (χ4v) is 5.45. The van der Waals surface area contributed by atoms with Crippen molar-refractivity contribution in [2.24, 2.45) is 11.7 Å². The number of ether oxygens (including phenoxy) is 1. The standard InChI is InChI=1S/C27H39N9O/c1-4-19-17-34(18-20(19)9-10-23(28)35-15-13-33(5-2)14-16-35)12-11-24-30-26-21-7-6-8-22(37-3)25(21)31-27(29)36(26)32-24/h6-10,19H,4-5,11-18,28H2,1-3H3,(H2,29,31)/b20-9-,23-10+. The Morgan fingerprint density at radius 1 is 1.14 bits per heavy atom. The highest BCUT2D eigenvalue weighted by atomic mass is 16.5. The van der Waals surface area contributed by atoms with Crippen molar-refractivity contribution in [3.63, 3.8) is 0 Å². The lowest BCUT2D eigenvalue weighted by Crippen LogP contribution is -2.46. The highest BCUT2D eigenvalue weighted by Gasteiger charge is 2.26. The second-order valence-electron chi connectivity index (χ2n) is 9.93. The molecule has 2 aliphatic rings. The first-order valence-corrected chi connectivity index (χ1v) is 13.3. The fourth-order valence-electron chi connectivity index (χ4n) is 5.45. The average Bonchev–Trinajstić information content (AvgIpc) is 3.55. The van der Waals surface area contributed by atoms with Crippen molar-refractivity contribution in [2.45, 2.75) is 26.7 Å². The third kappa shape index (κ3) is 5.21. The maximum absolute atomic E-state index is 6.44. The number of para-hydroxylation sites is 1. The summed E-state index contributed by atoms with van der Waals surface area (Å²) < 4.78 is 7.09. The van der Waals surface area contributed by atoms with Crippen molar-refractivity contribution in [3.05, 3.63) is 47.6 Å². The molecule has 10 nitrogen and oxygen atoms in total. The molecule has 2 aromatic heterocycles. The van der Waals surface area contributed by atoms with Crippen LogP contribution in [0.2, 0.25) is 0 Å². The van der Waals surface area contributed by atoms with Crippen LogP contribution in [-0.2, 0) is 6.42 Å². The van der Waals surface area contributed by atoms with Gasteiger partial charge >= 0.3 is 0 Å². The lowest BCUT2D eigenvalue weighted by atomic mass is 10.00. The van der Waals surface area contributed by atoms with Crippen LogP contribution in [0.1, 0.15) is 26.1 Å². The normalized spacial score (nSPS) is 21.1. The van der Waals surface area contributed by atoms with Gasteiger partial charge in [0, 0.05) is 57.6 Å². The van der Waals surface area contributed by atoms with Crippen LogP contribution in [-0.4, -0.2) is 93.7 Å². The Bertz CT molecular complexity index is 1310. The number of piperazine rings is 1. The van der Waals surface area contributed by atoms with E-state index in [1.54, 1.807) is 11.6 Å². The number of hydrogen-bond donors (Lipinski definition) is 2. The minimum absolute atomic E-state index is 0.309. The fraction of sp³-hybridized carbons (Fsp3) is 0.519. The summed E-state index contributed by atoms with van der Waals surface area (Å²) in [6.07, 6.45) is 6.23. The van der Waals surface area contributed by atoms with E-state index in [1.807, 2.05) is 18.2 Å². The maximum Gasteiger partial charge on any atom is 0.223 e. The summed E-state index contributed by atoms with van der Waals surface area (Å²) in [7, 11) is 1.63. The zero-order valence-corrected chi connectivity index (χ0v) is 22.2. The minimum atomic E-state index is 0.309. The SMILES string of the molecule is CCC1CN(CCc2nc3c4cccc(OC)c4nc(N)n3n2)C/C1=C/C=C(\N)N1CCN(CC)CC1. The van der Waals surface area contributed by atoms with Crippen LogP contribution in [0.4, 0.5) is 5.95 Å². The quantitative estimate of drug-likeness (QED) is 0.475. The number of hydrogen-bond acceptors (Lipinski definition) is 9. The van der Waals surface area contributed by atoms with Crippen LogP contribution in [0.25, 0.3) is 16.6 Å². The van der Waals surface area contributed by atoms with Gasteiger partial charge in [-0.25, -0.2) is 9.97 Å². The van der Waals surface area contributed by atoms with Crippen molar-refractivity contribution in [3.8, 4) is 5.75 Å². The van der Waals surface area contributed by atoms with E-state index in [4.69, 9.17) is 21.2 Å². The summed E-state index contributed by atoms with van der Waals surface area (Å²) in [6.45, 7) is 12.6. The molecule has 0 aliphatic carbocycles. The van der Waals surface area contributed by atoms with Gasteiger partial charge in [-0.1, -0.05) is 31.6 Å². The van der Waals surface area contributed by atoms with E-state index in [-0.39, 0.29) is 0 Å². The first-order valence-electron chi connectivity index (χ1n) is 13.3. The Labute approximate surface area is 218 Å². The zero-order valence-electron chi connectivity index (χ0n) is 22.2. The van der Waals surface area contributed by atoms with Crippen LogP contribution in [0.5, 0.6) is 5.75 Å². The average molecular weight is 506 g/mol. The van der Waals surface area contributed by atoms with E-state index >= 15 is 0 Å². The molecule has 4 N–H and O–H groups in total. The van der Waals surface area contributed by atoms with Gasteiger partial charge in [0.25, 0.3) is 0 Å². The molecule has 1 atom stereocenters. The number of methoxy groups -OCH3 is 1. The van der Waals surface area contributed by atoms with Gasteiger partial charge in [0.05, 0.1) is 12.9 Å². The monoisotopic (exact) mass is 505 g/mol.